The van der Waals surface area contributed by atoms with Crippen molar-refractivity contribution in [2.24, 2.45) is 11.3 Å². The third-order valence-electron chi connectivity index (χ3n) is 5.04. The van der Waals surface area contributed by atoms with Crippen molar-refractivity contribution in [1.29, 1.82) is 0 Å². The van der Waals surface area contributed by atoms with Crippen LogP contribution in [0.2, 0.25) is 0 Å². The Morgan fingerprint density at radius 2 is 2.04 bits per heavy atom. The van der Waals surface area contributed by atoms with Crippen LogP contribution < -0.4 is 5.32 Å². The molecule has 0 spiro atoms. The van der Waals surface area contributed by atoms with Crippen LogP contribution in [0.25, 0.3) is 0 Å². The molecular formula is C20H24N4OS2. The topological polar surface area (TPSA) is 59.8 Å². The molecule has 0 bridgehead atoms. The second-order valence-electron chi connectivity index (χ2n) is 7.65. The number of benzene rings is 1. The first-order chi connectivity index (χ1) is 12.9. The number of nitrogens with zero attached hydrogens (tertiary/aromatic N) is 3. The van der Waals surface area contributed by atoms with E-state index in [0.29, 0.717) is 6.42 Å². The Morgan fingerprint density at radius 3 is 2.70 bits per heavy atom. The first-order valence-electron chi connectivity index (χ1n) is 9.17. The lowest BCUT2D eigenvalue weighted by Gasteiger charge is -2.40. The van der Waals surface area contributed by atoms with E-state index in [0.717, 1.165) is 28.1 Å². The van der Waals surface area contributed by atoms with Crippen molar-refractivity contribution in [3.8, 4) is 0 Å². The summed E-state index contributed by atoms with van der Waals surface area (Å²) in [6.45, 7) is 6.30. The maximum Gasteiger partial charge on any atom is 0.227 e. The summed E-state index contributed by atoms with van der Waals surface area (Å²) in [5.74, 6) is 1.65. The molecule has 0 saturated heterocycles. The molecule has 2 heterocycles. The Morgan fingerprint density at radius 1 is 1.30 bits per heavy atom. The van der Waals surface area contributed by atoms with Crippen LogP contribution in [0.1, 0.15) is 38.8 Å². The number of hydrogen-bond donors (Lipinski definition) is 1. The van der Waals surface area contributed by atoms with E-state index in [2.05, 4.69) is 67.7 Å². The zero-order valence-corrected chi connectivity index (χ0v) is 17.7. The fraction of sp³-hybridized carbons (Fsp3) is 0.450. The molecule has 0 fully saturated rings. The molecule has 0 amide bonds. The Labute approximate surface area is 168 Å². The smallest absolute Gasteiger partial charge is 0.227 e. The zero-order chi connectivity index (χ0) is 19.2. The van der Waals surface area contributed by atoms with E-state index < -0.39 is 0 Å². The quantitative estimate of drug-likeness (QED) is 0.756. The summed E-state index contributed by atoms with van der Waals surface area (Å²) in [6, 6.07) is 8.29. The van der Waals surface area contributed by atoms with E-state index in [1.54, 1.807) is 23.5 Å². The summed E-state index contributed by atoms with van der Waals surface area (Å²) < 4.78 is 1.91. The van der Waals surface area contributed by atoms with Gasteiger partial charge in [0.05, 0.1) is 12.0 Å². The molecular weight excluding hydrogens is 376 g/mol. The van der Waals surface area contributed by atoms with Crippen molar-refractivity contribution in [2.75, 3.05) is 17.3 Å². The van der Waals surface area contributed by atoms with Crippen LogP contribution in [-0.4, -0.2) is 32.6 Å². The Hall–Kier alpha value is -1.73. The van der Waals surface area contributed by atoms with Gasteiger partial charge in [0, 0.05) is 17.0 Å². The monoisotopic (exact) mass is 400 g/mol. The number of allylic oxidation sites excluding steroid dienone is 2. The molecule has 2 atom stereocenters. The van der Waals surface area contributed by atoms with Crippen molar-refractivity contribution < 1.29 is 4.79 Å². The second-order valence-corrected chi connectivity index (χ2v) is 9.76. The van der Waals surface area contributed by atoms with Gasteiger partial charge in [0.25, 0.3) is 0 Å². The average Bonchev–Trinajstić information content (AvgIpc) is 3.01. The van der Waals surface area contributed by atoms with Crippen LogP contribution >= 0.6 is 23.5 Å². The van der Waals surface area contributed by atoms with Gasteiger partial charge < -0.3 is 5.32 Å². The molecule has 0 unspecified atom stereocenters. The molecule has 1 aliphatic carbocycles. The van der Waals surface area contributed by atoms with Crippen LogP contribution in [0.3, 0.4) is 0 Å². The van der Waals surface area contributed by atoms with Crippen LogP contribution in [0.15, 0.2) is 46.1 Å². The summed E-state index contributed by atoms with van der Waals surface area (Å²) in [4.78, 5) is 19.0. The first-order valence-corrected chi connectivity index (χ1v) is 11.4. The highest BCUT2D eigenvalue weighted by molar-refractivity contribution is 7.99. The van der Waals surface area contributed by atoms with Crippen LogP contribution in [0.4, 0.5) is 5.95 Å². The lowest BCUT2D eigenvalue weighted by molar-refractivity contribution is -0.125. The van der Waals surface area contributed by atoms with E-state index in [9.17, 15) is 4.79 Å². The number of hydrogen-bond acceptors (Lipinski definition) is 6. The number of aromatic nitrogens is 3. The first kappa shape index (κ1) is 18.6. The van der Waals surface area contributed by atoms with Gasteiger partial charge in [0.15, 0.2) is 0 Å². The SMILES string of the molecule is CCSc1nc2n(n1)[C@H](c1ccc(SC)cc1)[C@H]1C(=O)CC(C)(C)C=C1N2. The summed E-state index contributed by atoms with van der Waals surface area (Å²) in [7, 11) is 0. The maximum atomic E-state index is 13.1. The second kappa shape index (κ2) is 7.02. The summed E-state index contributed by atoms with van der Waals surface area (Å²) in [5, 5.41) is 8.87. The fourth-order valence-electron chi connectivity index (χ4n) is 3.93. The standard InChI is InChI=1S/C20H24N4OS2/c1-5-27-19-22-18-21-14-10-20(2,3)11-15(25)16(14)17(24(18)23-19)12-6-8-13(26-4)9-7-12/h6-10,16-17H,5,11H2,1-4H3,(H,21,22,23)/t16-,17-/m1/s1. The molecule has 1 aromatic heterocycles. The molecule has 4 rings (SSSR count). The number of Topliss-reactive ketones (excluding diaryl/α,β-unsaturated/α-hetero) is 1. The molecule has 27 heavy (non-hydrogen) atoms. The maximum absolute atomic E-state index is 13.1. The number of nitrogens with one attached hydrogen (secondary N) is 1. The van der Waals surface area contributed by atoms with Crippen molar-refractivity contribution in [1.82, 2.24) is 14.8 Å². The van der Waals surface area contributed by atoms with Gasteiger partial charge in [0.2, 0.25) is 11.1 Å². The average molecular weight is 401 g/mol. The number of ketones is 1. The number of carbonyl (C=O) groups excluding carboxylic acids is 1. The van der Waals surface area contributed by atoms with Gasteiger partial charge in [-0.15, -0.1) is 16.9 Å². The predicted molar refractivity (Wildman–Crippen MR) is 111 cm³/mol. The van der Waals surface area contributed by atoms with E-state index in [1.165, 1.54) is 4.90 Å². The summed E-state index contributed by atoms with van der Waals surface area (Å²) in [5.41, 5.74) is 1.91. The molecule has 0 radical (unpaired) electrons. The molecule has 2 aromatic rings. The number of anilines is 1. The largest absolute Gasteiger partial charge is 0.328 e. The number of rotatable bonds is 4. The lowest BCUT2D eigenvalue weighted by Crippen LogP contribution is -2.42. The molecule has 5 nitrogen and oxygen atoms in total. The van der Waals surface area contributed by atoms with Crippen LogP contribution in [-0.2, 0) is 4.79 Å². The number of thioether (sulfide) groups is 2. The number of carbonyl (C=O) groups is 1. The molecule has 1 aliphatic heterocycles. The molecule has 2 aliphatic rings. The van der Waals surface area contributed by atoms with E-state index in [1.807, 2.05) is 4.68 Å². The van der Waals surface area contributed by atoms with E-state index in [-0.39, 0.29) is 23.2 Å². The van der Waals surface area contributed by atoms with E-state index >= 15 is 0 Å². The summed E-state index contributed by atoms with van der Waals surface area (Å²) >= 11 is 3.33. The highest BCUT2D eigenvalue weighted by atomic mass is 32.2. The third kappa shape index (κ3) is 3.43. The van der Waals surface area contributed by atoms with Crippen molar-refractivity contribution in [2.45, 2.75) is 43.3 Å². The third-order valence-corrected chi connectivity index (χ3v) is 6.50. The zero-order valence-electron chi connectivity index (χ0n) is 16.0. The van der Waals surface area contributed by atoms with Gasteiger partial charge in [-0.1, -0.05) is 50.7 Å². The molecule has 1 aromatic carbocycles. The van der Waals surface area contributed by atoms with Gasteiger partial charge in [-0.2, -0.15) is 4.98 Å². The van der Waals surface area contributed by atoms with Gasteiger partial charge in [-0.25, -0.2) is 4.68 Å². The fourth-order valence-corrected chi connectivity index (χ4v) is 4.90. The molecule has 7 heteroatoms. The van der Waals surface area contributed by atoms with Crippen molar-refractivity contribution >= 4 is 35.3 Å². The van der Waals surface area contributed by atoms with Crippen LogP contribution in [0, 0.1) is 11.3 Å². The minimum absolute atomic E-state index is 0.146. The Kier molecular flexibility index (Phi) is 4.84. The molecule has 0 saturated carbocycles. The number of fused-ring (bicyclic) bond motifs is 2. The highest BCUT2D eigenvalue weighted by Crippen LogP contribution is 2.45. The Bertz CT molecular complexity index is 901. The van der Waals surface area contributed by atoms with E-state index in [4.69, 9.17) is 5.10 Å². The normalized spacial score (nSPS) is 23.3. The van der Waals surface area contributed by atoms with Gasteiger partial charge in [-0.3, -0.25) is 4.79 Å². The van der Waals surface area contributed by atoms with Gasteiger partial charge in [0.1, 0.15) is 5.78 Å². The molecule has 1 N–H and O–H groups in total. The van der Waals surface area contributed by atoms with Gasteiger partial charge in [-0.05, 0) is 35.1 Å². The summed E-state index contributed by atoms with van der Waals surface area (Å²) in [6.07, 6.45) is 4.81. The van der Waals surface area contributed by atoms with Gasteiger partial charge >= 0.3 is 0 Å². The minimum atomic E-state index is -0.244. The lowest BCUT2D eigenvalue weighted by atomic mass is 9.72. The highest BCUT2D eigenvalue weighted by Gasteiger charge is 2.45. The predicted octanol–water partition coefficient (Wildman–Crippen LogP) is 4.63. The molecule has 142 valence electrons. The minimum Gasteiger partial charge on any atom is -0.328 e. The van der Waals surface area contributed by atoms with Crippen molar-refractivity contribution in [3.63, 3.8) is 0 Å². The Balaban J connectivity index is 1.86. The van der Waals surface area contributed by atoms with Crippen LogP contribution in [0.5, 0.6) is 0 Å². The van der Waals surface area contributed by atoms with Crippen molar-refractivity contribution in [3.05, 3.63) is 41.6 Å².